The Morgan fingerprint density at radius 2 is 2.11 bits per heavy atom. The van der Waals surface area contributed by atoms with Gasteiger partial charge in [-0.25, -0.2) is 15.0 Å². The summed E-state index contributed by atoms with van der Waals surface area (Å²) >= 11 is 1.60. The third-order valence-electron chi connectivity index (χ3n) is 7.91. The third kappa shape index (κ3) is 3.91. The first-order chi connectivity index (χ1) is 17.4. The van der Waals surface area contributed by atoms with Gasteiger partial charge in [-0.3, -0.25) is 9.59 Å². The molecule has 0 aliphatic carbocycles. The number of likely N-dealkylation sites (tertiary alicyclic amines) is 2. The van der Waals surface area contributed by atoms with Gasteiger partial charge in [0.1, 0.15) is 17.2 Å². The molecule has 0 aromatic carbocycles. The van der Waals surface area contributed by atoms with Crippen LogP contribution in [0.2, 0.25) is 0 Å². The maximum absolute atomic E-state index is 13.6. The fourth-order valence-corrected chi connectivity index (χ4v) is 6.88. The fourth-order valence-electron chi connectivity index (χ4n) is 6.21. The number of piperidine rings is 1. The molecular weight excluding hydrogens is 476 g/mol. The van der Waals surface area contributed by atoms with Gasteiger partial charge in [0, 0.05) is 48.9 Å². The zero-order chi connectivity index (χ0) is 25.0. The molecule has 2 aromatic heterocycles. The molecule has 36 heavy (non-hydrogen) atoms. The van der Waals surface area contributed by atoms with E-state index in [2.05, 4.69) is 17.2 Å². The van der Waals surface area contributed by atoms with E-state index in [1.165, 1.54) is 0 Å². The number of aryl methyl sites for hydroxylation is 2. The lowest BCUT2D eigenvalue weighted by Crippen LogP contribution is -2.48. The Balaban J connectivity index is 1.16. The molecular formula is C26H32N6O3S. The Labute approximate surface area is 215 Å². The number of hydrogen-bond donors (Lipinski definition) is 1. The highest BCUT2D eigenvalue weighted by Crippen LogP contribution is 2.52. The Bertz CT molecular complexity index is 1220. The van der Waals surface area contributed by atoms with Gasteiger partial charge in [-0.05, 0) is 26.2 Å². The van der Waals surface area contributed by atoms with E-state index in [1.54, 1.807) is 23.3 Å². The summed E-state index contributed by atoms with van der Waals surface area (Å²) in [5.41, 5.74) is 0.402. The summed E-state index contributed by atoms with van der Waals surface area (Å²) in [6, 6.07) is 2.01. The number of amides is 2. The van der Waals surface area contributed by atoms with Crippen molar-refractivity contribution >= 4 is 34.1 Å². The van der Waals surface area contributed by atoms with E-state index in [0.29, 0.717) is 19.6 Å². The van der Waals surface area contributed by atoms with Gasteiger partial charge >= 0.3 is 0 Å². The molecule has 6 rings (SSSR count). The minimum absolute atomic E-state index is 0.0201. The van der Waals surface area contributed by atoms with Gasteiger partial charge in [-0.15, -0.1) is 11.3 Å². The molecule has 1 N–H and O–H groups in total. The van der Waals surface area contributed by atoms with E-state index in [4.69, 9.17) is 14.7 Å². The van der Waals surface area contributed by atoms with E-state index in [0.717, 1.165) is 53.0 Å². The monoisotopic (exact) mass is 508 g/mol. The topological polar surface area (TPSA) is 101 Å². The summed E-state index contributed by atoms with van der Waals surface area (Å²) < 4.78 is 6.19. The number of carbonyl (C=O) groups is 2. The number of rotatable bonds is 6. The first-order valence-corrected chi connectivity index (χ1v) is 13.7. The van der Waals surface area contributed by atoms with Crippen molar-refractivity contribution in [1.29, 1.82) is 0 Å². The number of thiazole rings is 1. The molecule has 4 aliphatic heterocycles. The van der Waals surface area contributed by atoms with Crippen LogP contribution in [0.5, 0.6) is 0 Å². The van der Waals surface area contributed by atoms with Gasteiger partial charge in [0.15, 0.2) is 5.13 Å². The van der Waals surface area contributed by atoms with Gasteiger partial charge in [0.25, 0.3) is 0 Å². The second-order valence-electron chi connectivity index (χ2n) is 10.4. The summed E-state index contributed by atoms with van der Waals surface area (Å²) in [5.74, 6) is 1.03. The average molecular weight is 509 g/mol. The predicted octanol–water partition coefficient (Wildman–Crippen LogP) is 3.06. The first kappa shape index (κ1) is 23.5. The van der Waals surface area contributed by atoms with Crippen LogP contribution in [0.1, 0.15) is 48.5 Å². The molecule has 2 bridgehead atoms. The van der Waals surface area contributed by atoms with E-state index in [1.807, 2.05) is 36.2 Å². The van der Waals surface area contributed by atoms with Gasteiger partial charge in [-0.2, -0.15) is 0 Å². The minimum atomic E-state index is -0.623. The molecule has 3 fully saturated rings. The van der Waals surface area contributed by atoms with Crippen LogP contribution in [0, 0.1) is 18.8 Å². The Morgan fingerprint density at radius 3 is 2.83 bits per heavy atom. The zero-order valence-electron chi connectivity index (χ0n) is 20.9. The van der Waals surface area contributed by atoms with Crippen molar-refractivity contribution in [2.75, 3.05) is 32.0 Å². The van der Waals surface area contributed by atoms with E-state index >= 15 is 0 Å². The minimum Gasteiger partial charge on any atom is -0.360 e. The van der Waals surface area contributed by atoms with E-state index in [-0.39, 0.29) is 23.8 Å². The molecule has 3 saturated heterocycles. The second kappa shape index (κ2) is 8.92. The summed E-state index contributed by atoms with van der Waals surface area (Å²) in [6.07, 6.45) is 9.03. The number of nitrogens with zero attached hydrogens (tertiary/aromatic N) is 5. The quantitative estimate of drug-likeness (QED) is 0.599. The van der Waals surface area contributed by atoms with Gasteiger partial charge in [0.05, 0.1) is 24.5 Å². The molecule has 4 atom stereocenters. The van der Waals surface area contributed by atoms with Crippen molar-refractivity contribution in [3.05, 3.63) is 40.8 Å². The number of anilines is 2. The fraction of sp³-hybridized carbons (Fsp3) is 0.577. The maximum Gasteiger partial charge on any atom is 0.229 e. The van der Waals surface area contributed by atoms with Crippen molar-refractivity contribution < 1.29 is 14.3 Å². The summed E-state index contributed by atoms with van der Waals surface area (Å²) in [6.45, 7) is 5.98. The molecule has 4 unspecified atom stereocenters. The largest absolute Gasteiger partial charge is 0.360 e. The first-order valence-electron chi connectivity index (χ1n) is 12.8. The number of hydrogen-bond acceptors (Lipinski definition) is 8. The van der Waals surface area contributed by atoms with E-state index < -0.39 is 17.4 Å². The van der Waals surface area contributed by atoms with Crippen LogP contribution in [0.4, 0.5) is 10.9 Å². The van der Waals surface area contributed by atoms with Crippen molar-refractivity contribution in [3.8, 4) is 0 Å². The summed E-state index contributed by atoms with van der Waals surface area (Å²) in [5, 5.41) is 4.17. The van der Waals surface area contributed by atoms with Crippen LogP contribution in [0.15, 0.2) is 24.4 Å². The molecule has 1 spiro atoms. The molecule has 0 saturated carbocycles. The zero-order valence-corrected chi connectivity index (χ0v) is 21.8. The lowest BCUT2D eigenvalue weighted by molar-refractivity contribution is -0.143. The molecule has 2 aromatic rings. The predicted molar refractivity (Wildman–Crippen MR) is 136 cm³/mol. The Hall–Kier alpha value is -2.85. The number of likely N-dealkylation sites (N-methyl/N-ethyl adjacent to an activating group) is 1. The average Bonchev–Trinajstić information content (AvgIpc) is 3.60. The summed E-state index contributed by atoms with van der Waals surface area (Å²) in [4.78, 5) is 45.4. The third-order valence-corrected chi connectivity index (χ3v) is 8.73. The van der Waals surface area contributed by atoms with E-state index in [9.17, 15) is 9.59 Å². The summed E-state index contributed by atoms with van der Waals surface area (Å²) in [7, 11) is 1.79. The van der Waals surface area contributed by atoms with Crippen LogP contribution in [0.3, 0.4) is 0 Å². The molecule has 4 aliphatic rings. The van der Waals surface area contributed by atoms with Gasteiger partial charge < -0.3 is 19.9 Å². The maximum atomic E-state index is 13.6. The molecule has 10 heteroatoms. The van der Waals surface area contributed by atoms with Crippen molar-refractivity contribution in [2.24, 2.45) is 11.8 Å². The number of aromatic nitrogens is 3. The number of carbonyl (C=O) groups excluding carboxylic acids is 2. The molecule has 190 valence electrons. The van der Waals surface area contributed by atoms with Gasteiger partial charge in [0.2, 0.25) is 11.8 Å². The smallest absolute Gasteiger partial charge is 0.229 e. The number of ether oxygens (including phenoxy) is 1. The highest BCUT2D eigenvalue weighted by molar-refractivity contribution is 7.15. The lowest BCUT2D eigenvalue weighted by atomic mass is 9.76. The van der Waals surface area contributed by atoms with Crippen molar-refractivity contribution in [2.45, 2.75) is 57.2 Å². The highest BCUT2D eigenvalue weighted by Gasteiger charge is 2.66. The van der Waals surface area contributed by atoms with Crippen LogP contribution < -0.4 is 5.32 Å². The van der Waals surface area contributed by atoms with Crippen molar-refractivity contribution in [3.63, 3.8) is 0 Å². The highest BCUT2D eigenvalue weighted by atomic mass is 32.1. The normalized spacial score (nSPS) is 29.3. The van der Waals surface area contributed by atoms with Crippen LogP contribution >= 0.6 is 11.3 Å². The molecule has 6 heterocycles. The second-order valence-corrected chi connectivity index (χ2v) is 11.7. The number of fused-ring (bicyclic) bond motifs is 1. The van der Waals surface area contributed by atoms with Crippen LogP contribution in [-0.4, -0.2) is 75.0 Å². The molecule has 2 amide bonds. The van der Waals surface area contributed by atoms with Crippen LogP contribution in [0.25, 0.3) is 0 Å². The van der Waals surface area contributed by atoms with Crippen molar-refractivity contribution in [1.82, 2.24) is 24.8 Å². The standard InChI is InChI=1S/C26H32N6O3S/c1-4-5-17-12-19(30-25-27-13-15(2)36-25)29-22(28-17)16-7-10-32(11-8-16)23(33)20-18-6-9-26(35-18)14-31(3)24(34)21(20)26/h6,9,12-13,16,18,20-21H,4-5,7-8,10-11,14H2,1-3H3,(H,27,28,29,30). The molecule has 0 radical (unpaired) electrons. The van der Waals surface area contributed by atoms with Crippen LogP contribution in [-0.2, 0) is 20.7 Å². The SMILES string of the molecule is CCCc1cc(Nc2ncc(C)s2)nc(C2CCN(C(=O)C3C4C=CC5(CN(C)C(=O)C35)O4)CC2)n1. The Morgan fingerprint density at radius 1 is 1.31 bits per heavy atom. The molecule has 9 nitrogen and oxygen atoms in total. The Kier molecular flexibility index (Phi) is 5.83. The lowest BCUT2D eigenvalue weighted by Gasteiger charge is -2.35. The number of nitrogens with one attached hydrogen (secondary N) is 1. The van der Waals surface area contributed by atoms with Gasteiger partial charge in [-0.1, -0.05) is 25.5 Å².